The molecule has 0 radical (unpaired) electrons. The maximum Gasteiger partial charge on any atom is 0.243 e. The van der Waals surface area contributed by atoms with Gasteiger partial charge in [-0.2, -0.15) is 4.98 Å². The van der Waals surface area contributed by atoms with Crippen LogP contribution in [0.5, 0.6) is 0 Å². The van der Waals surface area contributed by atoms with Gasteiger partial charge in [-0.1, -0.05) is 19.0 Å². The zero-order chi connectivity index (χ0) is 16.0. The number of rotatable bonds is 5. The molecule has 3 heterocycles. The van der Waals surface area contributed by atoms with Gasteiger partial charge < -0.3 is 14.4 Å². The lowest BCUT2D eigenvalue weighted by atomic mass is 10.1. The Morgan fingerprint density at radius 1 is 1.17 bits per heavy atom. The average molecular weight is 316 g/mol. The third-order valence-corrected chi connectivity index (χ3v) is 4.75. The van der Waals surface area contributed by atoms with Crippen molar-refractivity contribution < 1.29 is 4.52 Å². The van der Waals surface area contributed by atoms with E-state index in [9.17, 15) is 0 Å². The topological polar surface area (TPSA) is 81.7 Å². The van der Waals surface area contributed by atoms with E-state index in [2.05, 4.69) is 51.0 Å². The highest BCUT2D eigenvalue weighted by atomic mass is 16.5. The third kappa shape index (κ3) is 2.89. The van der Waals surface area contributed by atoms with Gasteiger partial charge >= 0.3 is 0 Å². The number of fused-ring (bicyclic) bond motifs is 1. The Morgan fingerprint density at radius 2 is 2.00 bits per heavy atom. The molecule has 1 fully saturated rings. The minimum absolute atomic E-state index is 0.0699. The molecule has 1 N–H and O–H groups in total. The van der Waals surface area contributed by atoms with Crippen molar-refractivity contribution in [1.82, 2.24) is 30.2 Å². The minimum Gasteiger partial charge on any atom is -0.338 e. The van der Waals surface area contributed by atoms with Crippen molar-refractivity contribution in [3.8, 4) is 0 Å². The molecule has 124 valence electrons. The Kier molecular flexibility index (Phi) is 3.67. The molecular weight excluding hydrogens is 292 g/mol. The molecule has 0 saturated heterocycles. The summed E-state index contributed by atoms with van der Waals surface area (Å²) in [5, 5.41) is 16.4. The van der Waals surface area contributed by atoms with Crippen LogP contribution in [0.2, 0.25) is 0 Å². The fourth-order valence-corrected chi connectivity index (χ4v) is 3.27. The molecule has 0 bridgehead atoms. The van der Waals surface area contributed by atoms with Crippen molar-refractivity contribution in [1.29, 1.82) is 0 Å². The normalized spacial score (nSPS) is 22.3. The molecule has 2 aromatic heterocycles. The van der Waals surface area contributed by atoms with E-state index < -0.39 is 0 Å². The van der Waals surface area contributed by atoms with Gasteiger partial charge in [0.25, 0.3) is 0 Å². The van der Waals surface area contributed by atoms with Crippen molar-refractivity contribution in [3.05, 3.63) is 23.4 Å². The second kappa shape index (κ2) is 5.70. The van der Waals surface area contributed by atoms with Gasteiger partial charge in [0.1, 0.15) is 11.6 Å². The lowest BCUT2D eigenvalue weighted by Crippen LogP contribution is -2.39. The van der Waals surface area contributed by atoms with Crippen LogP contribution in [0, 0.1) is 0 Å². The lowest BCUT2D eigenvalue weighted by molar-refractivity contribution is 0.291. The molecule has 2 aliphatic rings. The summed E-state index contributed by atoms with van der Waals surface area (Å²) >= 11 is 0. The van der Waals surface area contributed by atoms with Crippen molar-refractivity contribution in [2.24, 2.45) is 0 Å². The molecular formula is C16H24N6O. The molecule has 1 aliphatic carbocycles. The fraction of sp³-hybridized carbons (Fsp3) is 0.750. The van der Waals surface area contributed by atoms with Crippen LogP contribution in [-0.4, -0.2) is 30.9 Å². The van der Waals surface area contributed by atoms with Crippen LogP contribution in [0.25, 0.3) is 0 Å². The second-order valence-corrected chi connectivity index (χ2v) is 7.13. The predicted molar refractivity (Wildman–Crippen MR) is 84.0 cm³/mol. The van der Waals surface area contributed by atoms with Gasteiger partial charge in [-0.3, -0.25) is 0 Å². The minimum atomic E-state index is 0.0699. The monoisotopic (exact) mass is 316 g/mol. The Hall–Kier alpha value is -1.76. The number of aromatic nitrogens is 5. The maximum absolute atomic E-state index is 5.43. The molecule has 0 amide bonds. The highest BCUT2D eigenvalue weighted by Crippen LogP contribution is 2.38. The summed E-state index contributed by atoms with van der Waals surface area (Å²) in [5.41, 5.74) is 0. The molecule has 1 saturated carbocycles. The molecule has 23 heavy (non-hydrogen) atoms. The van der Waals surface area contributed by atoms with Gasteiger partial charge in [0.15, 0.2) is 5.82 Å². The number of nitrogens with zero attached hydrogens (tertiary/aromatic N) is 5. The Balaban J connectivity index is 1.43. The van der Waals surface area contributed by atoms with E-state index in [0.29, 0.717) is 23.8 Å². The van der Waals surface area contributed by atoms with E-state index in [1.807, 2.05) is 0 Å². The van der Waals surface area contributed by atoms with Crippen LogP contribution in [0.1, 0.15) is 81.3 Å². The zero-order valence-corrected chi connectivity index (χ0v) is 14.0. The molecule has 4 rings (SSSR count). The van der Waals surface area contributed by atoms with E-state index in [0.717, 1.165) is 36.9 Å². The van der Waals surface area contributed by atoms with Gasteiger partial charge in [0.05, 0.1) is 6.04 Å². The largest absolute Gasteiger partial charge is 0.338 e. The standard InChI is InChI=1S/C16H24N6O/c1-9(2)15-20-19-13-7-6-12(8-22(13)15)17-10(3)16-18-14(21-23-16)11-4-5-11/h9-12,17H,4-8H2,1-3H3/t10-,12-/m0/s1. The average Bonchev–Trinajstić information content (AvgIpc) is 3.11. The van der Waals surface area contributed by atoms with E-state index in [1.54, 1.807) is 0 Å². The molecule has 0 spiro atoms. The molecule has 0 unspecified atom stereocenters. The first-order valence-electron chi connectivity index (χ1n) is 8.63. The number of aryl methyl sites for hydroxylation is 1. The smallest absolute Gasteiger partial charge is 0.243 e. The molecule has 2 atom stereocenters. The summed E-state index contributed by atoms with van der Waals surface area (Å²) in [7, 11) is 0. The molecule has 0 aromatic carbocycles. The predicted octanol–water partition coefficient (Wildman–Crippen LogP) is 2.33. The molecule has 7 heteroatoms. The van der Waals surface area contributed by atoms with Crippen molar-refractivity contribution in [2.45, 2.75) is 76.9 Å². The van der Waals surface area contributed by atoms with E-state index in [-0.39, 0.29) is 6.04 Å². The van der Waals surface area contributed by atoms with Crippen LogP contribution in [0.3, 0.4) is 0 Å². The van der Waals surface area contributed by atoms with Gasteiger partial charge in [-0.15, -0.1) is 10.2 Å². The molecule has 2 aromatic rings. The highest BCUT2D eigenvalue weighted by Gasteiger charge is 2.30. The van der Waals surface area contributed by atoms with Crippen molar-refractivity contribution in [3.63, 3.8) is 0 Å². The van der Waals surface area contributed by atoms with Gasteiger partial charge in [0, 0.05) is 30.8 Å². The first kappa shape index (κ1) is 14.8. The van der Waals surface area contributed by atoms with E-state index >= 15 is 0 Å². The van der Waals surface area contributed by atoms with Crippen molar-refractivity contribution >= 4 is 0 Å². The van der Waals surface area contributed by atoms with E-state index in [1.165, 1.54) is 12.8 Å². The quantitative estimate of drug-likeness (QED) is 0.911. The van der Waals surface area contributed by atoms with Crippen LogP contribution < -0.4 is 5.32 Å². The van der Waals surface area contributed by atoms with Crippen LogP contribution in [0.4, 0.5) is 0 Å². The zero-order valence-electron chi connectivity index (χ0n) is 14.0. The summed E-state index contributed by atoms with van der Waals surface area (Å²) < 4.78 is 7.70. The first-order valence-corrected chi connectivity index (χ1v) is 8.63. The van der Waals surface area contributed by atoms with Crippen LogP contribution in [0.15, 0.2) is 4.52 Å². The maximum atomic E-state index is 5.43. The summed E-state index contributed by atoms with van der Waals surface area (Å²) in [5.74, 6) is 4.68. The lowest BCUT2D eigenvalue weighted by Gasteiger charge is -2.27. The Bertz CT molecular complexity index is 687. The van der Waals surface area contributed by atoms with Crippen LogP contribution >= 0.6 is 0 Å². The SMILES string of the molecule is CC(C)c1nnc2n1C[C@@H](N[C@@H](C)c1nc(C3CC3)no1)CC2. The summed E-state index contributed by atoms with van der Waals surface area (Å²) in [6.07, 6.45) is 4.40. The number of hydrogen-bond donors (Lipinski definition) is 1. The summed E-state index contributed by atoms with van der Waals surface area (Å²) in [6.45, 7) is 7.32. The van der Waals surface area contributed by atoms with E-state index in [4.69, 9.17) is 4.52 Å². The highest BCUT2D eigenvalue weighted by molar-refractivity contribution is 5.06. The van der Waals surface area contributed by atoms with Crippen molar-refractivity contribution in [2.75, 3.05) is 0 Å². The second-order valence-electron chi connectivity index (χ2n) is 7.13. The molecule has 1 aliphatic heterocycles. The Morgan fingerprint density at radius 3 is 2.74 bits per heavy atom. The number of hydrogen-bond acceptors (Lipinski definition) is 6. The third-order valence-electron chi connectivity index (χ3n) is 4.75. The number of nitrogens with one attached hydrogen (secondary N) is 1. The van der Waals surface area contributed by atoms with Gasteiger partial charge in [0.2, 0.25) is 5.89 Å². The van der Waals surface area contributed by atoms with Gasteiger partial charge in [-0.05, 0) is 26.2 Å². The van der Waals surface area contributed by atoms with Gasteiger partial charge in [-0.25, -0.2) is 0 Å². The first-order chi connectivity index (χ1) is 11.1. The summed E-state index contributed by atoms with van der Waals surface area (Å²) in [6, 6.07) is 0.447. The Labute approximate surface area is 135 Å². The van der Waals surface area contributed by atoms with Crippen LogP contribution in [-0.2, 0) is 13.0 Å². The molecule has 7 nitrogen and oxygen atoms in total. The fourth-order valence-electron chi connectivity index (χ4n) is 3.27. The summed E-state index contributed by atoms with van der Waals surface area (Å²) in [4.78, 5) is 4.55.